The summed E-state index contributed by atoms with van der Waals surface area (Å²) in [5.41, 5.74) is 0.764. The van der Waals surface area contributed by atoms with Crippen molar-refractivity contribution < 1.29 is 0 Å². The molecule has 0 heteroatoms. The summed E-state index contributed by atoms with van der Waals surface area (Å²) < 4.78 is 0. The minimum absolute atomic E-state index is 0.764. The second kappa shape index (κ2) is 2.32. The Hall–Kier alpha value is 0. The topological polar surface area (TPSA) is 0 Å². The van der Waals surface area contributed by atoms with Crippen LogP contribution in [0.5, 0.6) is 0 Å². The van der Waals surface area contributed by atoms with Crippen LogP contribution in [0.1, 0.15) is 46.5 Å². The van der Waals surface area contributed by atoms with Crippen molar-refractivity contribution in [2.75, 3.05) is 0 Å². The molecule has 1 rings (SSSR count). The highest BCUT2D eigenvalue weighted by atomic mass is 14.4. The second-order valence-corrected chi connectivity index (χ2v) is 3.51. The van der Waals surface area contributed by atoms with Gasteiger partial charge in [0.2, 0.25) is 0 Å². The van der Waals surface area contributed by atoms with Gasteiger partial charge in [0.15, 0.2) is 0 Å². The van der Waals surface area contributed by atoms with Crippen LogP contribution in [0.2, 0.25) is 0 Å². The van der Waals surface area contributed by atoms with Crippen LogP contribution in [0.15, 0.2) is 0 Å². The summed E-state index contributed by atoms with van der Waals surface area (Å²) in [5, 5.41) is 0. The summed E-state index contributed by atoms with van der Waals surface area (Å²) in [7, 11) is 0. The summed E-state index contributed by atoms with van der Waals surface area (Å²) in [6.07, 6.45) is 5.75. The van der Waals surface area contributed by atoms with E-state index in [9.17, 15) is 0 Å². The van der Waals surface area contributed by atoms with Gasteiger partial charge in [0, 0.05) is 0 Å². The van der Waals surface area contributed by atoms with E-state index in [0.717, 1.165) is 11.3 Å². The molecule has 0 N–H and O–H groups in total. The molecule has 1 aliphatic carbocycles. The highest BCUT2D eigenvalue weighted by Gasteiger charge is 2.40. The van der Waals surface area contributed by atoms with Gasteiger partial charge in [0.05, 0.1) is 0 Å². The molecular formula is C9H18. The van der Waals surface area contributed by atoms with E-state index in [-0.39, 0.29) is 0 Å². The largest absolute Gasteiger partial charge is 0.0648 e. The Morgan fingerprint density at radius 3 is 1.89 bits per heavy atom. The van der Waals surface area contributed by atoms with E-state index in [0.29, 0.717) is 0 Å². The first kappa shape index (κ1) is 7.11. The zero-order valence-electron chi connectivity index (χ0n) is 6.91. The molecule has 0 radical (unpaired) electrons. The molecule has 0 bridgehead atoms. The molecule has 1 saturated carbocycles. The van der Waals surface area contributed by atoms with Crippen molar-refractivity contribution >= 4 is 0 Å². The number of hydrogen-bond acceptors (Lipinski definition) is 0. The van der Waals surface area contributed by atoms with E-state index in [1.807, 2.05) is 0 Å². The summed E-state index contributed by atoms with van der Waals surface area (Å²) in [6.45, 7) is 7.06. The Kier molecular flexibility index (Phi) is 1.83. The Labute approximate surface area is 58.7 Å². The molecule has 54 valence electrons. The lowest BCUT2D eigenvalue weighted by molar-refractivity contribution is 0.0346. The van der Waals surface area contributed by atoms with Gasteiger partial charge in [-0.05, 0) is 24.2 Å². The molecule has 0 spiro atoms. The van der Waals surface area contributed by atoms with Gasteiger partial charge in [-0.15, -0.1) is 0 Å². The first-order chi connectivity index (χ1) is 4.25. The molecule has 1 unspecified atom stereocenters. The van der Waals surface area contributed by atoms with Crippen molar-refractivity contribution in [3.8, 4) is 0 Å². The van der Waals surface area contributed by atoms with Crippen LogP contribution in [0.25, 0.3) is 0 Å². The molecule has 0 saturated heterocycles. The Morgan fingerprint density at radius 1 is 1.33 bits per heavy atom. The maximum absolute atomic E-state index is 2.40. The van der Waals surface area contributed by atoms with E-state index in [4.69, 9.17) is 0 Å². The number of rotatable bonds is 2. The minimum atomic E-state index is 0.764. The maximum Gasteiger partial charge on any atom is -0.0277 e. The quantitative estimate of drug-likeness (QED) is 0.533. The average molecular weight is 126 g/mol. The average Bonchev–Trinajstić information content (AvgIpc) is 1.89. The van der Waals surface area contributed by atoms with Crippen LogP contribution in [0.3, 0.4) is 0 Å². The van der Waals surface area contributed by atoms with Crippen LogP contribution in [0, 0.1) is 11.3 Å². The molecule has 0 amide bonds. The minimum Gasteiger partial charge on any atom is -0.0648 e. The zero-order valence-corrected chi connectivity index (χ0v) is 6.91. The first-order valence-corrected chi connectivity index (χ1v) is 4.25. The smallest absolute Gasteiger partial charge is 0.0277 e. The Morgan fingerprint density at radius 2 is 1.89 bits per heavy atom. The van der Waals surface area contributed by atoms with Crippen molar-refractivity contribution in [1.29, 1.82) is 0 Å². The van der Waals surface area contributed by atoms with Crippen LogP contribution < -0.4 is 0 Å². The molecular weight excluding hydrogens is 108 g/mol. The maximum atomic E-state index is 2.40. The Balaban J connectivity index is 2.48. The molecule has 9 heavy (non-hydrogen) atoms. The van der Waals surface area contributed by atoms with Crippen LogP contribution >= 0.6 is 0 Å². The summed E-state index contributed by atoms with van der Waals surface area (Å²) in [4.78, 5) is 0. The Bertz CT molecular complexity index is 84.7. The van der Waals surface area contributed by atoms with E-state index >= 15 is 0 Å². The van der Waals surface area contributed by atoms with Crippen molar-refractivity contribution in [3.05, 3.63) is 0 Å². The predicted molar refractivity (Wildman–Crippen MR) is 41.4 cm³/mol. The van der Waals surface area contributed by atoms with E-state index < -0.39 is 0 Å². The van der Waals surface area contributed by atoms with Gasteiger partial charge in [-0.1, -0.05) is 33.6 Å². The van der Waals surface area contributed by atoms with E-state index in [2.05, 4.69) is 20.8 Å². The lowest BCUT2D eigenvalue weighted by atomic mass is 9.58. The third-order valence-corrected chi connectivity index (χ3v) is 3.53. The van der Waals surface area contributed by atoms with Gasteiger partial charge in [-0.2, -0.15) is 0 Å². The van der Waals surface area contributed by atoms with E-state index in [1.54, 1.807) is 0 Å². The molecule has 0 heterocycles. The number of hydrogen-bond donors (Lipinski definition) is 0. The van der Waals surface area contributed by atoms with Gasteiger partial charge in [0.25, 0.3) is 0 Å². The van der Waals surface area contributed by atoms with Gasteiger partial charge >= 0.3 is 0 Å². The zero-order chi connectivity index (χ0) is 6.91. The first-order valence-electron chi connectivity index (χ1n) is 4.25. The predicted octanol–water partition coefficient (Wildman–Crippen LogP) is 3.22. The monoisotopic (exact) mass is 126 g/mol. The standard InChI is InChI=1S/C9H18/c1-4-9(5-2)7-6-8(9)3/h8H,4-7H2,1-3H3. The SMILES string of the molecule is CCC1(CC)CCC1C. The van der Waals surface area contributed by atoms with Crippen LogP contribution in [-0.2, 0) is 0 Å². The molecule has 1 fully saturated rings. The summed E-state index contributed by atoms with van der Waals surface area (Å²) >= 11 is 0. The van der Waals surface area contributed by atoms with Crippen molar-refractivity contribution in [3.63, 3.8) is 0 Å². The molecule has 1 aliphatic rings. The molecule has 0 aromatic carbocycles. The lowest BCUT2D eigenvalue weighted by Crippen LogP contribution is -2.36. The molecule has 0 aliphatic heterocycles. The summed E-state index contributed by atoms with van der Waals surface area (Å²) in [5.74, 6) is 1.01. The fourth-order valence-corrected chi connectivity index (χ4v) is 2.14. The van der Waals surface area contributed by atoms with Gasteiger partial charge in [-0.3, -0.25) is 0 Å². The lowest BCUT2D eigenvalue weighted by Gasteiger charge is -2.47. The van der Waals surface area contributed by atoms with Gasteiger partial charge in [-0.25, -0.2) is 0 Å². The molecule has 1 atom stereocenters. The fraction of sp³-hybridized carbons (Fsp3) is 1.00. The van der Waals surface area contributed by atoms with Crippen LogP contribution in [-0.4, -0.2) is 0 Å². The highest BCUT2D eigenvalue weighted by Crippen LogP contribution is 2.51. The van der Waals surface area contributed by atoms with Crippen molar-refractivity contribution in [2.45, 2.75) is 46.5 Å². The van der Waals surface area contributed by atoms with Crippen molar-refractivity contribution in [1.82, 2.24) is 0 Å². The third-order valence-electron chi connectivity index (χ3n) is 3.53. The van der Waals surface area contributed by atoms with Gasteiger partial charge in [0.1, 0.15) is 0 Å². The van der Waals surface area contributed by atoms with E-state index in [1.165, 1.54) is 25.7 Å². The molecule has 0 aromatic rings. The van der Waals surface area contributed by atoms with Crippen LogP contribution in [0.4, 0.5) is 0 Å². The third kappa shape index (κ3) is 0.889. The van der Waals surface area contributed by atoms with Crippen molar-refractivity contribution in [2.24, 2.45) is 11.3 Å². The fourth-order valence-electron chi connectivity index (χ4n) is 2.14. The highest BCUT2D eigenvalue weighted by molar-refractivity contribution is 4.90. The molecule has 0 nitrogen and oxygen atoms in total. The van der Waals surface area contributed by atoms with Gasteiger partial charge < -0.3 is 0 Å². The normalized spacial score (nSPS) is 31.7. The molecule has 0 aromatic heterocycles. The second-order valence-electron chi connectivity index (χ2n) is 3.51. The summed E-state index contributed by atoms with van der Waals surface area (Å²) in [6, 6.07) is 0.